The molecule has 3 aromatic rings. The van der Waals surface area contributed by atoms with Crippen molar-refractivity contribution in [2.75, 3.05) is 36.5 Å². The van der Waals surface area contributed by atoms with Gasteiger partial charge in [0.1, 0.15) is 5.82 Å². The van der Waals surface area contributed by atoms with E-state index in [9.17, 15) is 13.2 Å². The molecule has 0 saturated carbocycles. The van der Waals surface area contributed by atoms with Gasteiger partial charge in [0.05, 0.1) is 11.3 Å². The van der Waals surface area contributed by atoms with Gasteiger partial charge >= 0.3 is 6.18 Å². The molecule has 5 nitrogen and oxygen atoms in total. The predicted molar refractivity (Wildman–Crippen MR) is 136 cm³/mol. The molecular weight excluding hydrogens is 463 g/mol. The summed E-state index contributed by atoms with van der Waals surface area (Å²) in [6.45, 7) is 4.83. The van der Waals surface area contributed by atoms with E-state index < -0.39 is 11.7 Å². The van der Waals surface area contributed by atoms with Crippen molar-refractivity contribution in [1.29, 1.82) is 0 Å². The summed E-state index contributed by atoms with van der Waals surface area (Å²) in [6, 6.07) is 15.8. The number of fused-ring (bicyclic) bond motifs is 1. The summed E-state index contributed by atoms with van der Waals surface area (Å²) in [5.74, 6) is 1.76. The maximum Gasteiger partial charge on any atom is 0.416 e. The van der Waals surface area contributed by atoms with Crippen LogP contribution >= 0.6 is 0 Å². The summed E-state index contributed by atoms with van der Waals surface area (Å²) in [5.41, 5.74) is 3.73. The minimum Gasteiger partial charge on any atom is -0.356 e. The van der Waals surface area contributed by atoms with E-state index in [4.69, 9.17) is 9.97 Å². The van der Waals surface area contributed by atoms with Gasteiger partial charge in [-0.05, 0) is 42.5 Å². The third-order valence-corrected chi connectivity index (χ3v) is 7.05. The van der Waals surface area contributed by atoms with Gasteiger partial charge in [0.2, 0.25) is 5.95 Å². The zero-order valence-electron chi connectivity index (χ0n) is 20.6. The molecule has 0 unspecified atom stereocenters. The Kier molecular flexibility index (Phi) is 7.14. The van der Waals surface area contributed by atoms with Crippen LogP contribution in [0.15, 0.2) is 54.6 Å². The van der Waals surface area contributed by atoms with E-state index in [0.29, 0.717) is 13.1 Å². The van der Waals surface area contributed by atoms with E-state index in [1.54, 1.807) is 12.1 Å². The molecule has 3 heterocycles. The number of hydrogen-bond donors (Lipinski definition) is 0. The van der Waals surface area contributed by atoms with Crippen molar-refractivity contribution in [3.63, 3.8) is 0 Å². The highest BCUT2D eigenvalue weighted by molar-refractivity contribution is 5.54. The van der Waals surface area contributed by atoms with Crippen LogP contribution < -0.4 is 9.80 Å². The minimum absolute atomic E-state index is 0.604. The van der Waals surface area contributed by atoms with Crippen molar-refractivity contribution in [2.24, 2.45) is 0 Å². The Morgan fingerprint density at radius 3 is 2.28 bits per heavy atom. The Morgan fingerprint density at radius 2 is 1.58 bits per heavy atom. The second-order valence-electron chi connectivity index (χ2n) is 9.82. The molecule has 0 amide bonds. The standard InChI is InChI=1S/C28H32F3N5/c1-34(18-21-8-4-2-5-9-21)27-32-25-14-17-35(19-22-10-12-23(13-11-22)28(29,30)31)20-24(25)26(33-27)36-15-6-3-7-16-36/h2,4-5,8-13H,3,6-7,14-20H2,1H3. The smallest absolute Gasteiger partial charge is 0.356 e. The van der Waals surface area contributed by atoms with E-state index in [1.807, 2.05) is 25.2 Å². The zero-order chi connectivity index (χ0) is 25.1. The van der Waals surface area contributed by atoms with Crippen LogP contribution in [0.4, 0.5) is 24.9 Å². The maximum absolute atomic E-state index is 12.9. The van der Waals surface area contributed by atoms with Crippen molar-refractivity contribution in [3.05, 3.63) is 82.5 Å². The summed E-state index contributed by atoms with van der Waals surface area (Å²) in [4.78, 5) is 16.8. The number of alkyl halides is 3. The van der Waals surface area contributed by atoms with Gasteiger partial charge in [0, 0.05) is 58.3 Å². The van der Waals surface area contributed by atoms with Crippen LogP contribution in [0, 0.1) is 0 Å². The Balaban J connectivity index is 1.38. The summed E-state index contributed by atoms with van der Waals surface area (Å²) < 4.78 is 38.8. The summed E-state index contributed by atoms with van der Waals surface area (Å²) in [7, 11) is 2.04. The molecule has 2 aliphatic rings. The SMILES string of the molecule is CN(Cc1ccccc1)c1nc2c(c(N3CCCCC3)n1)CN(Cc1ccc(C(F)(F)F)cc1)CC2. The third-order valence-electron chi connectivity index (χ3n) is 7.05. The second kappa shape index (κ2) is 10.5. The molecule has 2 aromatic carbocycles. The highest BCUT2D eigenvalue weighted by atomic mass is 19.4. The van der Waals surface area contributed by atoms with E-state index in [0.717, 1.165) is 74.0 Å². The van der Waals surface area contributed by atoms with Crippen LogP contribution in [0.1, 0.15) is 47.2 Å². The molecular formula is C28H32F3N5. The molecule has 0 spiro atoms. The molecule has 0 aliphatic carbocycles. The summed E-state index contributed by atoms with van der Waals surface area (Å²) in [6.07, 6.45) is 0.0389. The van der Waals surface area contributed by atoms with Gasteiger partial charge in [-0.2, -0.15) is 18.2 Å². The van der Waals surface area contributed by atoms with Crippen molar-refractivity contribution < 1.29 is 13.2 Å². The first-order chi connectivity index (χ1) is 17.4. The lowest BCUT2D eigenvalue weighted by Gasteiger charge is -2.35. The first-order valence-electron chi connectivity index (χ1n) is 12.6. The van der Waals surface area contributed by atoms with E-state index in [2.05, 4.69) is 26.8 Å². The van der Waals surface area contributed by atoms with Gasteiger partial charge in [0.25, 0.3) is 0 Å². The first kappa shape index (κ1) is 24.6. The molecule has 1 aromatic heterocycles. The number of hydrogen-bond acceptors (Lipinski definition) is 5. The minimum atomic E-state index is -4.31. The van der Waals surface area contributed by atoms with Crippen molar-refractivity contribution in [1.82, 2.24) is 14.9 Å². The Hall–Kier alpha value is -3.13. The highest BCUT2D eigenvalue weighted by Crippen LogP contribution is 2.32. The van der Waals surface area contributed by atoms with Crippen LogP contribution in [0.5, 0.6) is 0 Å². The molecule has 1 saturated heterocycles. The Morgan fingerprint density at radius 1 is 0.861 bits per heavy atom. The quantitative estimate of drug-likeness (QED) is 0.440. The molecule has 0 atom stereocenters. The van der Waals surface area contributed by atoms with Gasteiger partial charge in [-0.1, -0.05) is 42.5 Å². The lowest BCUT2D eigenvalue weighted by atomic mass is 10.0. The number of nitrogens with zero attached hydrogens (tertiary/aromatic N) is 5. The van der Waals surface area contributed by atoms with Crippen LogP contribution in [0.3, 0.4) is 0 Å². The van der Waals surface area contributed by atoms with Crippen LogP contribution in [0.2, 0.25) is 0 Å². The Labute approximate surface area is 210 Å². The lowest BCUT2D eigenvalue weighted by Crippen LogP contribution is -2.37. The van der Waals surface area contributed by atoms with Crippen molar-refractivity contribution in [2.45, 2.75) is 51.5 Å². The van der Waals surface area contributed by atoms with Gasteiger partial charge in [0.15, 0.2) is 0 Å². The van der Waals surface area contributed by atoms with Crippen molar-refractivity contribution >= 4 is 11.8 Å². The van der Waals surface area contributed by atoms with E-state index >= 15 is 0 Å². The maximum atomic E-state index is 12.9. The zero-order valence-corrected chi connectivity index (χ0v) is 20.6. The number of aromatic nitrogens is 2. The van der Waals surface area contributed by atoms with Crippen molar-refractivity contribution in [3.8, 4) is 0 Å². The molecule has 36 heavy (non-hydrogen) atoms. The van der Waals surface area contributed by atoms with Gasteiger partial charge < -0.3 is 9.80 Å². The fourth-order valence-corrected chi connectivity index (χ4v) is 5.10. The molecule has 0 N–H and O–H groups in total. The molecule has 1 fully saturated rings. The predicted octanol–water partition coefficient (Wildman–Crippen LogP) is 5.68. The number of rotatable bonds is 6. The number of piperidine rings is 1. The normalized spacial score (nSPS) is 16.6. The van der Waals surface area contributed by atoms with Gasteiger partial charge in [-0.15, -0.1) is 0 Å². The largest absolute Gasteiger partial charge is 0.416 e. The average Bonchev–Trinajstić information content (AvgIpc) is 2.89. The Bertz CT molecular complexity index is 1160. The van der Waals surface area contributed by atoms with E-state index in [1.165, 1.54) is 24.1 Å². The van der Waals surface area contributed by atoms with Crippen LogP contribution in [-0.2, 0) is 32.2 Å². The second-order valence-corrected chi connectivity index (χ2v) is 9.82. The molecule has 0 radical (unpaired) electrons. The summed E-state index contributed by atoms with van der Waals surface area (Å²) >= 11 is 0. The number of halogens is 3. The molecule has 0 bridgehead atoms. The summed E-state index contributed by atoms with van der Waals surface area (Å²) in [5, 5.41) is 0. The average molecular weight is 496 g/mol. The topological polar surface area (TPSA) is 35.5 Å². The van der Waals surface area contributed by atoms with Gasteiger partial charge in [-0.25, -0.2) is 4.98 Å². The molecule has 8 heteroatoms. The molecule has 2 aliphatic heterocycles. The van der Waals surface area contributed by atoms with Gasteiger partial charge in [-0.3, -0.25) is 4.90 Å². The lowest BCUT2D eigenvalue weighted by molar-refractivity contribution is -0.137. The fraction of sp³-hybridized carbons (Fsp3) is 0.429. The monoisotopic (exact) mass is 495 g/mol. The fourth-order valence-electron chi connectivity index (χ4n) is 5.10. The molecule has 5 rings (SSSR count). The first-order valence-corrected chi connectivity index (χ1v) is 12.6. The highest BCUT2D eigenvalue weighted by Gasteiger charge is 2.30. The third kappa shape index (κ3) is 5.64. The number of benzene rings is 2. The van der Waals surface area contributed by atoms with Crippen LogP contribution in [0.25, 0.3) is 0 Å². The molecule has 190 valence electrons. The van der Waals surface area contributed by atoms with Crippen LogP contribution in [-0.4, -0.2) is 41.5 Å². The van der Waals surface area contributed by atoms with E-state index in [-0.39, 0.29) is 0 Å². The number of anilines is 2.